The number of imide groups is 1. The van der Waals surface area contributed by atoms with Gasteiger partial charge >= 0.3 is 0 Å². The third-order valence-corrected chi connectivity index (χ3v) is 5.21. The van der Waals surface area contributed by atoms with E-state index in [-0.39, 0.29) is 17.9 Å². The minimum atomic E-state index is -0.266. The third-order valence-electron chi connectivity index (χ3n) is 4.27. The largest absolute Gasteiger partial charge is 0.290 e. The maximum absolute atomic E-state index is 12.8. The zero-order valence-corrected chi connectivity index (χ0v) is 13.3. The van der Waals surface area contributed by atoms with E-state index in [4.69, 9.17) is 0 Å². The number of carbonyl (C=O) groups excluding carboxylic acids is 2. The first-order valence-corrected chi connectivity index (χ1v) is 8.50. The van der Waals surface area contributed by atoms with Gasteiger partial charge in [0, 0.05) is 24.6 Å². The van der Waals surface area contributed by atoms with Gasteiger partial charge < -0.3 is 0 Å². The van der Waals surface area contributed by atoms with Crippen molar-refractivity contribution in [1.29, 1.82) is 0 Å². The average molecular weight is 304 g/mol. The molecule has 112 valence electrons. The van der Waals surface area contributed by atoms with Crippen molar-refractivity contribution in [3.8, 4) is 0 Å². The van der Waals surface area contributed by atoms with Crippen LogP contribution in [0, 0.1) is 13.8 Å². The summed E-state index contributed by atoms with van der Waals surface area (Å²) in [5.74, 6) is 1.97. The van der Waals surface area contributed by atoms with Crippen LogP contribution in [0.15, 0.2) is 18.2 Å². The first-order valence-electron chi connectivity index (χ1n) is 7.34. The van der Waals surface area contributed by atoms with Crippen LogP contribution in [-0.4, -0.2) is 47.4 Å². The molecule has 0 spiro atoms. The number of nitrogens with zero attached hydrogens (tertiary/aromatic N) is 2. The van der Waals surface area contributed by atoms with Crippen LogP contribution in [0.3, 0.4) is 0 Å². The lowest BCUT2D eigenvalue weighted by molar-refractivity contribution is -0.122. The second-order valence-electron chi connectivity index (χ2n) is 5.68. The second-order valence-corrected chi connectivity index (χ2v) is 6.90. The van der Waals surface area contributed by atoms with Gasteiger partial charge in [-0.25, -0.2) is 4.90 Å². The molecule has 2 fully saturated rings. The summed E-state index contributed by atoms with van der Waals surface area (Å²) in [7, 11) is 0. The fourth-order valence-electron chi connectivity index (χ4n) is 3.18. The third kappa shape index (κ3) is 2.60. The summed E-state index contributed by atoms with van der Waals surface area (Å²) < 4.78 is 0. The second kappa shape index (κ2) is 5.81. The van der Waals surface area contributed by atoms with E-state index in [0.29, 0.717) is 6.42 Å². The normalized spacial score (nSPS) is 23.9. The highest BCUT2D eigenvalue weighted by atomic mass is 32.2. The molecule has 2 amide bonds. The fraction of sp³-hybridized carbons (Fsp3) is 0.500. The Balaban J connectivity index is 1.90. The van der Waals surface area contributed by atoms with Crippen molar-refractivity contribution >= 4 is 29.3 Å². The summed E-state index contributed by atoms with van der Waals surface area (Å²) >= 11 is 1.91. The maximum Gasteiger partial charge on any atom is 0.251 e. The molecule has 21 heavy (non-hydrogen) atoms. The molecular formula is C16H20N2O2S. The highest BCUT2D eigenvalue weighted by molar-refractivity contribution is 7.99. The van der Waals surface area contributed by atoms with Crippen LogP contribution in [0.1, 0.15) is 17.5 Å². The summed E-state index contributed by atoms with van der Waals surface area (Å²) in [6.07, 6.45) is 0.317. The lowest BCUT2D eigenvalue weighted by Crippen LogP contribution is -2.46. The molecule has 5 heteroatoms. The van der Waals surface area contributed by atoms with Crippen molar-refractivity contribution in [2.45, 2.75) is 26.3 Å². The van der Waals surface area contributed by atoms with Crippen LogP contribution in [-0.2, 0) is 9.59 Å². The number of rotatable bonds is 2. The zero-order valence-electron chi connectivity index (χ0n) is 12.5. The highest BCUT2D eigenvalue weighted by Gasteiger charge is 2.43. The Morgan fingerprint density at radius 1 is 1.10 bits per heavy atom. The van der Waals surface area contributed by atoms with Crippen LogP contribution in [0.5, 0.6) is 0 Å². The zero-order chi connectivity index (χ0) is 15.0. The molecule has 2 heterocycles. The molecule has 1 atom stereocenters. The summed E-state index contributed by atoms with van der Waals surface area (Å²) in [6.45, 7) is 5.70. The van der Waals surface area contributed by atoms with Gasteiger partial charge in [-0.1, -0.05) is 18.2 Å². The Bertz CT molecular complexity index is 561. The van der Waals surface area contributed by atoms with Gasteiger partial charge in [-0.15, -0.1) is 0 Å². The smallest absolute Gasteiger partial charge is 0.251 e. The lowest BCUT2D eigenvalue weighted by atomic mass is 10.1. The summed E-state index contributed by atoms with van der Waals surface area (Å²) in [4.78, 5) is 28.8. The summed E-state index contributed by atoms with van der Waals surface area (Å²) in [5, 5.41) is 0. The number of amides is 2. The molecule has 1 aromatic carbocycles. The van der Waals surface area contributed by atoms with Crippen LogP contribution < -0.4 is 4.90 Å². The Morgan fingerprint density at radius 2 is 1.71 bits per heavy atom. The highest BCUT2D eigenvalue weighted by Crippen LogP contribution is 2.31. The standard InChI is InChI=1S/C16H20N2O2S/c1-11-4-3-5-12(2)15(11)18-14(19)10-13(16(18)20)17-6-8-21-9-7-17/h3-5,13H,6-10H2,1-2H3/t13-/m1/s1. The number of hydrogen-bond donors (Lipinski definition) is 0. The van der Waals surface area contributed by atoms with Crippen LogP contribution in [0.2, 0.25) is 0 Å². The van der Waals surface area contributed by atoms with Crippen molar-refractivity contribution in [3.05, 3.63) is 29.3 Å². The molecule has 0 bridgehead atoms. The molecule has 0 aliphatic carbocycles. The maximum atomic E-state index is 12.8. The Morgan fingerprint density at radius 3 is 2.33 bits per heavy atom. The number of carbonyl (C=O) groups is 2. The van der Waals surface area contributed by atoms with Gasteiger partial charge in [0.1, 0.15) is 0 Å². The fourth-order valence-corrected chi connectivity index (χ4v) is 4.11. The number of aryl methyl sites for hydroxylation is 2. The van der Waals surface area contributed by atoms with Gasteiger partial charge in [0.25, 0.3) is 5.91 Å². The Labute approximate surface area is 129 Å². The lowest BCUT2D eigenvalue weighted by Gasteiger charge is -2.30. The number of thioether (sulfide) groups is 1. The van der Waals surface area contributed by atoms with Gasteiger partial charge in [-0.05, 0) is 25.0 Å². The van der Waals surface area contributed by atoms with Crippen molar-refractivity contribution in [2.24, 2.45) is 0 Å². The molecule has 3 rings (SSSR count). The van der Waals surface area contributed by atoms with Crippen molar-refractivity contribution in [3.63, 3.8) is 0 Å². The molecule has 1 aromatic rings. The van der Waals surface area contributed by atoms with Crippen molar-refractivity contribution < 1.29 is 9.59 Å². The molecule has 0 saturated carbocycles. The number of benzene rings is 1. The van der Waals surface area contributed by atoms with Crippen molar-refractivity contribution in [2.75, 3.05) is 29.5 Å². The monoisotopic (exact) mass is 304 g/mol. The molecule has 0 N–H and O–H groups in total. The molecule has 2 saturated heterocycles. The van der Waals surface area contributed by atoms with E-state index >= 15 is 0 Å². The summed E-state index contributed by atoms with van der Waals surface area (Å²) in [5.41, 5.74) is 2.74. The summed E-state index contributed by atoms with van der Waals surface area (Å²) in [6, 6.07) is 5.59. The van der Waals surface area contributed by atoms with Crippen molar-refractivity contribution in [1.82, 2.24) is 4.90 Å². The van der Waals surface area contributed by atoms with Crippen LogP contribution in [0.25, 0.3) is 0 Å². The van der Waals surface area contributed by atoms with Gasteiger partial charge in [-0.3, -0.25) is 14.5 Å². The number of para-hydroxylation sites is 1. The molecule has 0 aromatic heterocycles. The first-order chi connectivity index (χ1) is 10.1. The average Bonchev–Trinajstić information content (AvgIpc) is 2.76. The van der Waals surface area contributed by atoms with E-state index in [1.807, 2.05) is 43.8 Å². The van der Waals surface area contributed by atoms with E-state index in [9.17, 15) is 9.59 Å². The molecule has 0 unspecified atom stereocenters. The van der Waals surface area contributed by atoms with Crippen LogP contribution in [0.4, 0.5) is 5.69 Å². The van der Waals surface area contributed by atoms with Gasteiger partial charge in [0.05, 0.1) is 18.2 Å². The SMILES string of the molecule is Cc1cccc(C)c1N1C(=O)C[C@@H](N2CCSCC2)C1=O. The van der Waals surface area contributed by atoms with E-state index < -0.39 is 0 Å². The van der Waals surface area contributed by atoms with E-state index in [2.05, 4.69) is 4.90 Å². The molecular weight excluding hydrogens is 284 g/mol. The van der Waals surface area contributed by atoms with Gasteiger partial charge in [0.15, 0.2) is 0 Å². The first kappa shape index (κ1) is 14.6. The topological polar surface area (TPSA) is 40.6 Å². The molecule has 0 radical (unpaired) electrons. The van der Waals surface area contributed by atoms with Gasteiger partial charge in [-0.2, -0.15) is 11.8 Å². The van der Waals surface area contributed by atoms with Gasteiger partial charge in [0.2, 0.25) is 5.91 Å². The van der Waals surface area contributed by atoms with Crippen LogP contribution >= 0.6 is 11.8 Å². The molecule has 2 aliphatic heterocycles. The van der Waals surface area contributed by atoms with E-state index in [0.717, 1.165) is 41.4 Å². The quantitative estimate of drug-likeness (QED) is 0.784. The van der Waals surface area contributed by atoms with E-state index in [1.54, 1.807) is 0 Å². The minimum absolute atomic E-state index is 0.0516. The molecule has 2 aliphatic rings. The minimum Gasteiger partial charge on any atom is -0.290 e. The predicted molar refractivity (Wildman–Crippen MR) is 85.7 cm³/mol. The Kier molecular flexibility index (Phi) is 4.04. The van der Waals surface area contributed by atoms with E-state index in [1.165, 1.54) is 4.90 Å². The predicted octanol–water partition coefficient (Wildman–Crippen LogP) is 1.98. The number of anilines is 1. The molecule has 4 nitrogen and oxygen atoms in total. The number of hydrogen-bond acceptors (Lipinski definition) is 4. The Hall–Kier alpha value is -1.33.